The van der Waals surface area contributed by atoms with E-state index in [-0.39, 0.29) is 0 Å². The van der Waals surface area contributed by atoms with Crippen molar-refractivity contribution in [1.82, 2.24) is 19.9 Å². The first kappa shape index (κ1) is 36.8. The predicted octanol–water partition coefficient (Wildman–Crippen LogP) is 15.8. The molecule has 5 nitrogen and oxygen atoms in total. The third-order valence-electron chi connectivity index (χ3n) is 12.7. The Labute approximate surface area is 374 Å². The molecule has 0 saturated carbocycles. The fraction of sp³-hybridized carbons (Fsp3) is 0. The van der Waals surface area contributed by atoms with Crippen molar-refractivity contribution in [3.05, 3.63) is 218 Å². The highest BCUT2D eigenvalue weighted by Gasteiger charge is 2.23. The van der Waals surface area contributed by atoms with Gasteiger partial charge in [-0.2, -0.15) is 0 Å². The van der Waals surface area contributed by atoms with Gasteiger partial charge in [0.2, 0.25) is 0 Å². The molecule has 0 aliphatic carbocycles. The van der Waals surface area contributed by atoms with Crippen LogP contribution in [0.5, 0.6) is 0 Å². The molecule has 13 rings (SSSR count). The zero-order chi connectivity index (χ0) is 42.8. The van der Waals surface area contributed by atoms with Crippen LogP contribution in [0.15, 0.2) is 223 Å². The van der Waals surface area contributed by atoms with E-state index in [1.54, 1.807) is 0 Å². The molecule has 0 radical (unpaired) electrons. The van der Waals surface area contributed by atoms with Crippen molar-refractivity contribution in [2.75, 3.05) is 0 Å². The number of furan rings is 1. The number of rotatable bonds is 6. The number of benzene rings is 10. The second kappa shape index (κ2) is 14.9. The smallest absolute Gasteiger partial charge is 0.164 e. The third-order valence-corrected chi connectivity index (χ3v) is 12.7. The molecule has 5 heteroatoms. The molecule has 13 aromatic rings. The molecule has 302 valence electrons. The number of hydrogen-bond acceptors (Lipinski definition) is 5. The molecule has 0 saturated heterocycles. The van der Waals surface area contributed by atoms with Gasteiger partial charge in [0.1, 0.15) is 11.2 Å². The molecule has 0 aliphatic rings. The zero-order valence-electron chi connectivity index (χ0n) is 35.0. The normalized spacial score (nSPS) is 11.7. The number of pyridine rings is 1. The van der Waals surface area contributed by atoms with Crippen LogP contribution in [0.25, 0.3) is 133 Å². The average Bonchev–Trinajstić information content (AvgIpc) is 3.76. The van der Waals surface area contributed by atoms with Crippen molar-refractivity contribution in [3.8, 4) is 67.7 Å². The van der Waals surface area contributed by atoms with Crippen LogP contribution in [0.3, 0.4) is 0 Å². The molecule has 0 bridgehead atoms. The molecule has 0 atom stereocenters. The van der Waals surface area contributed by atoms with E-state index in [4.69, 9.17) is 24.4 Å². The minimum atomic E-state index is 0.590. The monoisotopic (exact) mass is 828 g/mol. The minimum Gasteiger partial charge on any atom is -0.456 e. The fourth-order valence-corrected chi connectivity index (χ4v) is 9.51. The summed E-state index contributed by atoms with van der Waals surface area (Å²) in [5.74, 6) is 1.82. The van der Waals surface area contributed by atoms with Crippen LogP contribution < -0.4 is 0 Å². The molecule has 65 heavy (non-hydrogen) atoms. The number of nitrogens with zero attached hydrogens (tertiary/aromatic N) is 4. The molecule has 0 fully saturated rings. The Morgan fingerprint density at radius 2 is 0.785 bits per heavy atom. The fourth-order valence-electron chi connectivity index (χ4n) is 9.51. The van der Waals surface area contributed by atoms with Crippen molar-refractivity contribution >= 4 is 65.2 Å². The van der Waals surface area contributed by atoms with Crippen LogP contribution in [0.2, 0.25) is 0 Å². The Balaban J connectivity index is 1.06. The van der Waals surface area contributed by atoms with Crippen molar-refractivity contribution in [2.24, 2.45) is 0 Å². The first-order valence-corrected chi connectivity index (χ1v) is 21.9. The highest BCUT2D eigenvalue weighted by molar-refractivity contribution is 6.27. The maximum absolute atomic E-state index is 6.75. The first-order valence-electron chi connectivity index (χ1n) is 21.9. The standard InChI is InChI=1S/C60H36N4O/c1-2-13-37(14-3-1)40-25-29-41(30-26-40)57-50-36-53-56(49-22-9-11-24-52(49)65-53)54(55(50)48-21-8-10-23-51(48)61-57)44-19-12-20-45(35-44)58-62-59(46-31-27-38-15-4-6-17-42(38)33-46)64-60(63-58)47-32-28-39-16-5-7-18-43(39)34-47/h1-36H. The van der Waals surface area contributed by atoms with Gasteiger partial charge in [-0.05, 0) is 74.6 Å². The Morgan fingerprint density at radius 1 is 0.277 bits per heavy atom. The second-order valence-electron chi connectivity index (χ2n) is 16.6. The van der Waals surface area contributed by atoms with E-state index in [1.807, 2.05) is 18.2 Å². The van der Waals surface area contributed by atoms with Gasteiger partial charge in [-0.25, -0.2) is 19.9 Å². The lowest BCUT2D eigenvalue weighted by Gasteiger charge is -2.16. The van der Waals surface area contributed by atoms with Crippen molar-refractivity contribution < 1.29 is 4.42 Å². The van der Waals surface area contributed by atoms with E-state index in [0.717, 1.165) is 110 Å². The lowest BCUT2D eigenvalue weighted by molar-refractivity contribution is 0.669. The molecular formula is C60H36N4O. The molecule has 3 aromatic heterocycles. The molecule has 0 amide bonds. The molecule has 0 spiro atoms. The SMILES string of the molecule is c1ccc(-c2ccc(-c3nc4ccccc4c4c(-c5cccc(-c6nc(-c7ccc8ccccc8c7)nc(-c7ccc8ccccc8c7)n6)c5)c5c(cc34)oc3ccccc35)cc2)cc1. The summed E-state index contributed by atoms with van der Waals surface area (Å²) in [6, 6.07) is 76.4. The Bertz CT molecular complexity index is 3910. The maximum Gasteiger partial charge on any atom is 0.164 e. The van der Waals surface area contributed by atoms with Gasteiger partial charge in [-0.3, -0.25) is 0 Å². The lowest BCUT2D eigenvalue weighted by Crippen LogP contribution is -2.00. The second-order valence-corrected chi connectivity index (χ2v) is 16.6. The summed E-state index contributed by atoms with van der Waals surface area (Å²) in [6.45, 7) is 0. The summed E-state index contributed by atoms with van der Waals surface area (Å²) in [7, 11) is 0. The van der Waals surface area contributed by atoms with E-state index in [0.29, 0.717) is 17.5 Å². The molecular weight excluding hydrogens is 793 g/mol. The van der Waals surface area contributed by atoms with Crippen LogP contribution in [-0.4, -0.2) is 19.9 Å². The quantitative estimate of drug-likeness (QED) is 0.156. The Morgan fingerprint density at radius 3 is 1.48 bits per heavy atom. The van der Waals surface area contributed by atoms with Crippen molar-refractivity contribution in [1.29, 1.82) is 0 Å². The van der Waals surface area contributed by atoms with Gasteiger partial charge in [-0.1, -0.05) is 182 Å². The summed E-state index contributed by atoms with van der Waals surface area (Å²) in [6.07, 6.45) is 0. The summed E-state index contributed by atoms with van der Waals surface area (Å²) in [4.78, 5) is 21.0. The van der Waals surface area contributed by atoms with Gasteiger partial charge in [-0.15, -0.1) is 0 Å². The molecule has 0 unspecified atom stereocenters. The summed E-state index contributed by atoms with van der Waals surface area (Å²) in [5, 5.41) is 9.87. The topological polar surface area (TPSA) is 64.7 Å². The largest absolute Gasteiger partial charge is 0.456 e. The maximum atomic E-state index is 6.75. The molecule has 0 N–H and O–H groups in total. The zero-order valence-corrected chi connectivity index (χ0v) is 35.0. The Kier molecular flexibility index (Phi) is 8.46. The van der Waals surface area contributed by atoms with Gasteiger partial charge < -0.3 is 4.42 Å². The van der Waals surface area contributed by atoms with Crippen LogP contribution in [0.1, 0.15) is 0 Å². The lowest BCUT2D eigenvalue weighted by atomic mass is 9.89. The van der Waals surface area contributed by atoms with Gasteiger partial charge in [0.05, 0.1) is 11.2 Å². The van der Waals surface area contributed by atoms with E-state index in [1.165, 1.54) is 5.56 Å². The minimum absolute atomic E-state index is 0.590. The summed E-state index contributed by atoms with van der Waals surface area (Å²) in [5.41, 5.74) is 11.6. The average molecular weight is 829 g/mol. The molecule has 0 aliphatic heterocycles. The number of aromatic nitrogens is 4. The van der Waals surface area contributed by atoms with E-state index in [9.17, 15) is 0 Å². The number of hydrogen-bond donors (Lipinski definition) is 0. The predicted molar refractivity (Wildman–Crippen MR) is 268 cm³/mol. The summed E-state index contributed by atoms with van der Waals surface area (Å²) < 4.78 is 6.75. The van der Waals surface area contributed by atoms with Crippen LogP contribution in [0.4, 0.5) is 0 Å². The van der Waals surface area contributed by atoms with Crippen molar-refractivity contribution in [2.45, 2.75) is 0 Å². The number of fused-ring (bicyclic) bond motifs is 8. The first-order chi connectivity index (χ1) is 32.2. The van der Waals surface area contributed by atoms with E-state index < -0.39 is 0 Å². The van der Waals surface area contributed by atoms with E-state index in [2.05, 4.69) is 200 Å². The van der Waals surface area contributed by atoms with Crippen LogP contribution >= 0.6 is 0 Å². The number of para-hydroxylation sites is 2. The van der Waals surface area contributed by atoms with Gasteiger partial charge >= 0.3 is 0 Å². The van der Waals surface area contributed by atoms with E-state index >= 15 is 0 Å². The molecule has 3 heterocycles. The molecule has 10 aromatic carbocycles. The highest BCUT2D eigenvalue weighted by atomic mass is 16.3. The van der Waals surface area contributed by atoms with Crippen LogP contribution in [-0.2, 0) is 0 Å². The summed E-state index contributed by atoms with van der Waals surface area (Å²) >= 11 is 0. The Hall–Kier alpha value is -8.80. The third kappa shape index (κ3) is 6.32. The van der Waals surface area contributed by atoms with Crippen LogP contribution in [0, 0.1) is 0 Å². The van der Waals surface area contributed by atoms with Gasteiger partial charge in [0.15, 0.2) is 17.5 Å². The highest BCUT2D eigenvalue weighted by Crippen LogP contribution is 2.47. The van der Waals surface area contributed by atoms with Gasteiger partial charge in [0.25, 0.3) is 0 Å². The van der Waals surface area contributed by atoms with Gasteiger partial charge in [0, 0.05) is 54.7 Å². The van der Waals surface area contributed by atoms with Crippen molar-refractivity contribution in [3.63, 3.8) is 0 Å².